The monoisotopic (exact) mass is 266 g/mol. The highest BCUT2D eigenvalue weighted by Gasteiger charge is 2.07. The Labute approximate surface area is 118 Å². The zero-order valence-corrected chi connectivity index (χ0v) is 11.7. The normalized spacial score (nSPS) is 12.7. The quantitative estimate of drug-likeness (QED) is 0.789. The Balaban J connectivity index is 1.75. The lowest BCUT2D eigenvalue weighted by atomic mass is 10.0. The fraction of sp³-hybridized carbons (Fsp3) is 0.250. The third-order valence-corrected chi connectivity index (χ3v) is 3.65. The molecule has 0 radical (unpaired) electrons. The molecular formula is C16H18N4. The van der Waals surface area contributed by atoms with Crippen molar-refractivity contribution in [2.75, 3.05) is 0 Å². The number of fused-ring (bicyclic) bond motifs is 1. The fourth-order valence-electron chi connectivity index (χ4n) is 2.31. The van der Waals surface area contributed by atoms with E-state index in [4.69, 9.17) is 0 Å². The van der Waals surface area contributed by atoms with Crippen LogP contribution in [0, 0.1) is 0 Å². The summed E-state index contributed by atoms with van der Waals surface area (Å²) < 4.78 is 1.93. The number of nitrogens with one attached hydrogen (secondary N) is 1. The number of hydrogen-bond donors (Lipinski definition) is 1. The molecule has 20 heavy (non-hydrogen) atoms. The van der Waals surface area contributed by atoms with Crippen LogP contribution in [-0.2, 0) is 13.6 Å². The average Bonchev–Trinajstić information content (AvgIpc) is 2.89. The van der Waals surface area contributed by atoms with Crippen molar-refractivity contribution in [2.45, 2.75) is 19.5 Å². The van der Waals surface area contributed by atoms with Gasteiger partial charge in [0.25, 0.3) is 0 Å². The van der Waals surface area contributed by atoms with Gasteiger partial charge in [0.2, 0.25) is 0 Å². The lowest BCUT2D eigenvalue weighted by Crippen LogP contribution is -2.20. The predicted octanol–water partition coefficient (Wildman–Crippen LogP) is 2.82. The SMILES string of the molecule is CC(NCc1nncn1C)c1ccc2ccccc2c1. The number of hydrogen-bond acceptors (Lipinski definition) is 3. The Morgan fingerprint density at radius 1 is 1.15 bits per heavy atom. The molecule has 1 aromatic heterocycles. The Bertz CT molecular complexity index is 717. The minimum absolute atomic E-state index is 0.274. The molecule has 1 unspecified atom stereocenters. The van der Waals surface area contributed by atoms with E-state index in [1.54, 1.807) is 6.33 Å². The molecule has 1 atom stereocenters. The fourth-order valence-corrected chi connectivity index (χ4v) is 2.31. The van der Waals surface area contributed by atoms with E-state index in [9.17, 15) is 0 Å². The highest BCUT2D eigenvalue weighted by Crippen LogP contribution is 2.20. The Kier molecular flexibility index (Phi) is 3.48. The van der Waals surface area contributed by atoms with Gasteiger partial charge in [-0.25, -0.2) is 0 Å². The molecule has 0 aliphatic carbocycles. The molecule has 3 aromatic rings. The Morgan fingerprint density at radius 3 is 2.70 bits per heavy atom. The maximum absolute atomic E-state index is 4.08. The molecule has 3 rings (SSSR count). The van der Waals surface area contributed by atoms with Gasteiger partial charge in [-0.2, -0.15) is 0 Å². The Morgan fingerprint density at radius 2 is 1.95 bits per heavy atom. The summed E-state index contributed by atoms with van der Waals surface area (Å²) in [4.78, 5) is 0. The van der Waals surface area contributed by atoms with Gasteiger partial charge < -0.3 is 9.88 Å². The molecular weight excluding hydrogens is 248 g/mol. The molecule has 0 bridgehead atoms. The molecule has 0 aliphatic rings. The van der Waals surface area contributed by atoms with Gasteiger partial charge in [0.1, 0.15) is 12.2 Å². The lowest BCUT2D eigenvalue weighted by molar-refractivity contribution is 0.548. The van der Waals surface area contributed by atoms with Gasteiger partial charge in [-0.15, -0.1) is 10.2 Å². The Hall–Kier alpha value is -2.20. The summed E-state index contributed by atoms with van der Waals surface area (Å²) in [6, 6.07) is 15.3. The van der Waals surface area contributed by atoms with Crippen LogP contribution in [0.1, 0.15) is 24.4 Å². The second-order valence-corrected chi connectivity index (χ2v) is 5.07. The van der Waals surface area contributed by atoms with Gasteiger partial charge in [-0.3, -0.25) is 0 Å². The zero-order chi connectivity index (χ0) is 13.9. The maximum Gasteiger partial charge on any atom is 0.146 e. The molecule has 4 heteroatoms. The van der Waals surface area contributed by atoms with E-state index in [1.807, 2.05) is 11.6 Å². The number of aromatic nitrogens is 3. The molecule has 102 valence electrons. The van der Waals surface area contributed by atoms with Crippen LogP contribution in [0.2, 0.25) is 0 Å². The maximum atomic E-state index is 4.08. The standard InChI is InChI=1S/C16H18N4/c1-12(17-10-16-19-18-11-20(16)2)14-8-7-13-5-3-4-6-15(13)9-14/h3-9,11-12,17H,10H2,1-2H3. The first kappa shape index (κ1) is 12.8. The molecule has 0 saturated carbocycles. The summed E-state index contributed by atoms with van der Waals surface area (Å²) in [5.74, 6) is 0.942. The van der Waals surface area contributed by atoms with Crippen molar-refractivity contribution in [1.29, 1.82) is 0 Å². The summed E-state index contributed by atoms with van der Waals surface area (Å²) in [5.41, 5.74) is 1.28. The second kappa shape index (κ2) is 5.43. The minimum atomic E-state index is 0.274. The van der Waals surface area contributed by atoms with Crippen LogP contribution in [0.25, 0.3) is 10.8 Å². The number of benzene rings is 2. The van der Waals surface area contributed by atoms with Gasteiger partial charge in [0.15, 0.2) is 0 Å². The summed E-state index contributed by atoms with van der Waals surface area (Å²) in [6.45, 7) is 2.88. The predicted molar refractivity (Wildman–Crippen MR) is 80.2 cm³/mol. The molecule has 0 fully saturated rings. The van der Waals surface area contributed by atoms with Crippen LogP contribution in [0.3, 0.4) is 0 Å². The molecule has 0 amide bonds. The van der Waals surface area contributed by atoms with Crippen LogP contribution in [0.4, 0.5) is 0 Å². The van der Waals surface area contributed by atoms with Crippen molar-refractivity contribution in [2.24, 2.45) is 7.05 Å². The average molecular weight is 266 g/mol. The first-order valence-corrected chi connectivity index (χ1v) is 6.79. The van der Waals surface area contributed by atoms with Crippen LogP contribution >= 0.6 is 0 Å². The van der Waals surface area contributed by atoms with Crippen molar-refractivity contribution in [3.05, 3.63) is 60.2 Å². The summed E-state index contributed by atoms with van der Waals surface area (Å²) >= 11 is 0. The van der Waals surface area contributed by atoms with Crippen LogP contribution < -0.4 is 5.32 Å². The molecule has 1 N–H and O–H groups in total. The van der Waals surface area contributed by atoms with Crippen LogP contribution in [-0.4, -0.2) is 14.8 Å². The molecule has 2 aromatic carbocycles. The van der Waals surface area contributed by atoms with Crippen molar-refractivity contribution in [3.63, 3.8) is 0 Å². The van der Waals surface area contributed by atoms with E-state index < -0.39 is 0 Å². The summed E-state index contributed by atoms with van der Waals surface area (Å²) in [7, 11) is 1.96. The number of rotatable bonds is 4. The van der Waals surface area contributed by atoms with Gasteiger partial charge in [0, 0.05) is 13.1 Å². The van der Waals surface area contributed by atoms with E-state index in [-0.39, 0.29) is 6.04 Å². The van der Waals surface area contributed by atoms with Crippen LogP contribution in [0.5, 0.6) is 0 Å². The van der Waals surface area contributed by atoms with Crippen molar-refractivity contribution in [1.82, 2.24) is 20.1 Å². The highest BCUT2D eigenvalue weighted by molar-refractivity contribution is 5.83. The largest absolute Gasteiger partial charge is 0.320 e. The van der Waals surface area contributed by atoms with Gasteiger partial charge in [-0.05, 0) is 29.3 Å². The second-order valence-electron chi connectivity index (χ2n) is 5.07. The topological polar surface area (TPSA) is 42.7 Å². The molecule has 0 spiro atoms. The molecule has 1 heterocycles. The van der Waals surface area contributed by atoms with E-state index in [0.717, 1.165) is 5.82 Å². The van der Waals surface area contributed by atoms with Gasteiger partial charge in [-0.1, -0.05) is 36.4 Å². The molecule has 0 saturated heterocycles. The van der Waals surface area contributed by atoms with Crippen LogP contribution in [0.15, 0.2) is 48.8 Å². The lowest BCUT2D eigenvalue weighted by Gasteiger charge is -2.14. The van der Waals surface area contributed by atoms with Crippen molar-refractivity contribution >= 4 is 10.8 Å². The molecule has 4 nitrogen and oxygen atoms in total. The van der Waals surface area contributed by atoms with Crippen molar-refractivity contribution < 1.29 is 0 Å². The summed E-state index contributed by atoms with van der Waals surface area (Å²) in [6.07, 6.45) is 1.72. The van der Waals surface area contributed by atoms with E-state index >= 15 is 0 Å². The smallest absolute Gasteiger partial charge is 0.146 e. The molecule has 0 aliphatic heterocycles. The highest BCUT2D eigenvalue weighted by atomic mass is 15.3. The van der Waals surface area contributed by atoms with Crippen molar-refractivity contribution in [3.8, 4) is 0 Å². The van der Waals surface area contributed by atoms with E-state index in [0.29, 0.717) is 6.54 Å². The van der Waals surface area contributed by atoms with E-state index in [2.05, 4.69) is 64.9 Å². The summed E-state index contributed by atoms with van der Waals surface area (Å²) in [5, 5.41) is 14.0. The third-order valence-electron chi connectivity index (χ3n) is 3.65. The zero-order valence-electron chi connectivity index (χ0n) is 11.7. The third kappa shape index (κ3) is 2.56. The first-order chi connectivity index (χ1) is 9.74. The minimum Gasteiger partial charge on any atom is -0.320 e. The van der Waals surface area contributed by atoms with Gasteiger partial charge >= 0.3 is 0 Å². The van der Waals surface area contributed by atoms with E-state index in [1.165, 1.54) is 16.3 Å². The number of nitrogens with zero attached hydrogens (tertiary/aromatic N) is 3. The number of aryl methyl sites for hydroxylation is 1. The first-order valence-electron chi connectivity index (χ1n) is 6.79. The van der Waals surface area contributed by atoms with Gasteiger partial charge in [0.05, 0.1) is 6.54 Å².